The number of hydrogen-bond acceptors (Lipinski definition) is 4. The van der Waals surface area contributed by atoms with Crippen LogP contribution in [0, 0.1) is 11.8 Å². The summed E-state index contributed by atoms with van der Waals surface area (Å²) in [5.41, 5.74) is 11.9. The first-order chi connectivity index (χ1) is 10.5. The molecule has 126 valence electrons. The van der Waals surface area contributed by atoms with Gasteiger partial charge in [-0.2, -0.15) is 0 Å². The number of halogens is 1. The summed E-state index contributed by atoms with van der Waals surface area (Å²) in [6, 6.07) is 3.54. The molecule has 0 spiro atoms. The molecule has 0 aliphatic heterocycles. The number of amides is 2. The van der Waals surface area contributed by atoms with E-state index in [4.69, 9.17) is 11.5 Å². The van der Waals surface area contributed by atoms with Crippen LogP contribution in [0.4, 0.5) is 0 Å². The highest BCUT2D eigenvalue weighted by molar-refractivity contribution is 5.95. The van der Waals surface area contributed by atoms with Gasteiger partial charge in [0.1, 0.15) is 5.69 Å². The van der Waals surface area contributed by atoms with Crippen LogP contribution in [0.2, 0.25) is 0 Å². The van der Waals surface area contributed by atoms with Crippen molar-refractivity contribution in [3.05, 3.63) is 29.6 Å². The molecule has 2 unspecified atom stereocenters. The van der Waals surface area contributed by atoms with Gasteiger partial charge < -0.3 is 16.8 Å². The maximum atomic E-state index is 12.4. The van der Waals surface area contributed by atoms with Gasteiger partial charge in [0.2, 0.25) is 0 Å². The predicted molar refractivity (Wildman–Crippen MR) is 89.3 cm³/mol. The van der Waals surface area contributed by atoms with Crippen LogP contribution in [0.15, 0.2) is 18.3 Å². The Kier molecular flexibility index (Phi) is 5.59. The monoisotopic (exact) mass is 338 g/mol. The first-order valence-corrected chi connectivity index (χ1v) is 7.87. The number of carbonyl (C=O) groups is 2. The van der Waals surface area contributed by atoms with Crippen LogP contribution in [-0.2, 0) is 0 Å². The fourth-order valence-corrected chi connectivity index (χ4v) is 3.93. The van der Waals surface area contributed by atoms with Gasteiger partial charge in [-0.1, -0.05) is 6.42 Å². The fourth-order valence-electron chi connectivity index (χ4n) is 3.93. The van der Waals surface area contributed by atoms with E-state index in [1.807, 2.05) is 0 Å². The Labute approximate surface area is 141 Å². The molecule has 2 aliphatic rings. The van der Waals surface area contributed by atoms with Crippen LogP contribution in [0.5, 0.6) is 0 Å². The van der Waals surface area contributed by atoms with Gasteiger partial charge in [0.25, 0.3) is 11.8 Å². The second kappa shape index (κ2) is 7.27. The molecule has 2 aliphatic carbocycles. The summed E-state index contributed by atoms with van der Waals surface area (Å²) >= 11 is 0. The first-order valence-electron chi connectivity index (χ1n) is 7.87. The molecular formula is C16H23ClN4O2. The second-order valence-corrected chi connectivity index (χ2v) is 6.48. The molecule has 3 rings (SSSR count). The molecule has 1 heterocycles. The zero-order chi connectivity index (χ0) is 15.7. The van der Waals surface area contributed by atoms with Crippen molar-refractivity contribution in [2.75, 3.05) is 0 Å². The molecule has 23 heavy (non-hydrogen) atoms. The second-order valence-electron chi connectivity index (χ2n) is 6.48. The molecule has 2 bridgehead atoms. The quantitative estimate of drug-likeness (QED) is 0.769. The van der Waals surface area contributed by atoms with Crippen LogP contribution in [-0.4, -0.2) is 28.9 Å². The molecule has 7 heteroatoms. The highest BCUT2D eigenvalue weighted by Crippen LogP contribution is 2.39. The Morgan fingerprint density at radius 3 is 2.35 bits per heavy atom. The van der Waals surface area contributed by atoms with Gasteiger partial charge in [-0.25, -0.2) is 0 Å². The maximum absolute atomic E-state index is 12.4. The highest BCUT2D eigenvalue weighted by Gasteiger charge is 2.39. The molecule has 2 saturated carbocycles. The third-order valence-corrected chi connectivity index (χ3v) is 4.95. The number of pyridine rings is 1. The molecule has 0 radical (unpaired) electrons. The number of aromatic nitrogens is 1. The normalized spacial score (nSPS) is 29.3. The molecule has 2 fully saturated rings. The Hall–Kier alpha value is -1.66. The van der Waals surface area contributed by atoms with Crippen LogP contribution < -0.4 is 16.8 Å². The first kappa shape index (κ1) is 17.7. The third-order valence-electron chi connectivity index (χ3n) is 4.95. The number of nitrogens with one attached hydrogen (secondary N) is 1. The summed E-state index contributed by atoms with van der Waals surface area (Å²) in [4.78, 5) is 27.3. The largest absolute Gasteiger partial charge is 0.364 e. The van der Waals surface area contributed by atoms with E-state index in [1.165, 1.54) is 18.7 Å². The van der Waals surface area contributed by atoms with Gasteiger partial charge in [0.15, 0.2) is 0 Å². The molecular weight excluding hydrogens is 316 g/mol. The molecule has 1 aromatic rings. The van der Waals surface area contributed by atoms with Gasteiger partial charge in [-0.3, -0.25) is 14.6 Å². The molecule has 1 aromatic heterocycles. The molecule has 2 atom stereocenters. The zero-order valence-electron chi connectivity index (χ0n) is 12.9. The van der Waals surface area contributed by atoms with E-state index >= 15 is 0 Å². The Morgan fingerprint density at radius 2 is 1.83 bits per heavy atom. The van der Waals surface area contributed by atoms with E-state index in [9.17, 15) is 9.59 Å². The molecule has 0 saturated heterocycles. The lowest BCUT2D eigenvalue weighted by atomic mass is 9.67. The maximum Gasteiger partial charge on any atom is 0.267 e. The molecule has 5 N–H and O–H groups in total. The summed E-state index contributed by atoms with van der Waals surface area (Å²) in [5, 5.41) is 3.16. The van der Waals surface area contributed by atoms with Gasteiger partial charge in [-0.15, -0.1) is 12.4 Å². The van der Waals surface area contributed by atoms with Crippen LogP contribution in [0.25, 0.3) is 0 Å². The standard InChI is InChI=1S/C16H22N4O2.ClH/c17-12-6-9-2-1-3-10(7-12)14(9)20-16(22)11-4-5-13(15(18)21)19-8-11;/h4-5,8-10,12,14H,1-3,6-7,17H2,(H2,18,21)(H,20,22);1H. The van der Waals surface area contributed by atoms with Crippen molar-refractivity contribution in [1.29, 1.82) is 0 Å². The van der Waals surface area contributed by atoms with Crippen molar-refractivity contribution in [2.45, 2.75) is 44.2 Å². The van der Waals surface area contributed by atoms with Crippen LogP contribution >= 0.6 is 12.4 Å². The summed E-state index contributed by atoms with van der Waals surface area (Å²) in [6.07, 6.45) is 6.87. The predicted octanol–water partition coefficient (Wildman–Crippen LogP) is 1.24. The summed E-state index contributed by atoms with van der Waals surface area (Å²) < 4.78 is 0. The molecule has 6 nitrogen and oxygen atoms in total. The third kappa shape index (κ3) is 3.82. The lowest BCUT2D eigenvalue weighted by Crippen LogP contribution is -2.53. The minimum atomic E-state index is -0.595. The molecule has 0 aromatic carbocycles. The van der Waals surface area contributed by atoms with E-state index in [0.717, 1.165) is 25.7 Å². The number of primary amides is 1. The minimum Gasteiger partial charge on any atom is -0.364 e. The number of nitrogens with zero attached hydrogens (tertiary/aromatic N) is 1. The van der Waals surface area contributed by atoms with Gasteiger partial charge in [0.05, 0.1) is 5.56 Å². The lowest BCUT2D eigenvalue weighted by molar-refractivity contribution is 0.0755. The van der Waals surface area contributed by atoms with E-state index < -0.39 is 5.91 Å². The van der Waals surface area contributed by atoms with Gasteiger partial charge in [-0.05, 0) is 49.7 Å². The van der Waals surface area contributed by atoms with Crippen molar-refractivity contribution in [3.63, 3.8) is 0 Å². The van der Waals surface area contributed by atoms with Crippen molar-refractivity contribution in [3.8, 4) is 0 Å². The van der Waals surface area contributed by atoms with Crippen molar-refractivity contribution in [1.82, 2.24) is 10.3 Å². The smallest absolute Gasteiger partial charge is 0.267 e. The Bertz CT molecular complexity index is 564. The number of carbonyl (C=O) groups excluding carboxylic acids is 2. The zero-order valence-corrected chi connectivity index (χ0v) is 13.7. The fraction of sp³-hybridized carbons (Fsp3) is 0.562. The van der Waals surface area contributed by atoms with Crippen molar-refractivity contribution >= 4 is 24.2 Å². The van der Waals surface area contributed by atoms with Gasteiger partial charge in [0, 0.05) is 18.3 Å². The number of fused-ring (bicyclic) bond motifs is 2. The van der Waals surface area contributed by atoms with Crippen LogP contribution in [0.1, 0.15) is 53.0 Å². The van der Waals surface area contributed by atoms with Gasteiger partial charge >= 0.3 is 0 Å². The average Bonchev–Trinajstić information content (AvgIpc) is 2.48. The highest BCUT2D eigenvalue weighted by atomic mass is 35.5. The topological polar surface area (TPSA) is 111 Å². The van der Waals surface area contributed by atoms with E-state index in [-0.39, 0.29) is 36.1 Å². The number of nitrogens with two attached hydrogens (primary N) is 2. The number of hydrogen-bond donors (Lipinski definition) is 3. The molecule has 2 amide bonds. The van der Waals surface area contributed by atoms with Crippen molar-refractivity contribution < 1.29 is 9.59 Å². The van der Waals surface area contributed by atoms with E-state index in [0.29, 0.717) is 17.4 Å². The van der Waals surface area contributed by atoms with Crippen LogP contribution in [0.3, 0.4) is 0 Å². The van der Waals surface area contributed by atoms with E-state index in [2.05, 4.69) is 10.3 Å². The summed E-state index contributed by atoms with van der Waals surface area (Å²) in [5.74, 6) is 0.220. The Balaban J connectivity index is 0.00000192. The lowest BCUT2D eigenvalue weighted by Gasteiger charge is -2.45. The SMILES string of the molecule is Cl.NC(=O)c1ccc(C(=O)NC2C3CCCC2CC(N)C3)cn1. The minimum absolute atomic E-state index is 0. The number of rotatable bonds is 3. The van der Waals surface area contributed by atoms with E-state index in [1.54, 1.807) is 6.07 Å². The Morgan fingerprint density at radius 1 is 1.17 bits per heavy atom. The summed E-state index contributed by atoms with van der Waals surface area (Å²) in [6.45, 7) is 0. The summed E-state index contributed by atoms with van der Waals surface area (Å²) in [7, 11) is 0. The van der Waals surface area contributed by atoms with Crippen molar-refractivity contribution in [2.24, 2.45) is 23.3 Å². The average molecular weight is 339 g/mol.